The average molecular weight is 289 g/mol. The van der Waals surface area contributed by atoms with Gasteiger partial charge in [-0.3, -0.25) is 9.59 Å². The smallest absolute Gasteiger partial charge is 0.244 e. The highest BCUT2D eigenvalue weighted by Gasteiger charge is 2.34. The molecule has 0 aromatic heterocycles. The lowest BCUT2D eigenvalue weighted by atomic mass is 9.90. The third kappa shape index (κ3) is 4.04. The zero-order chi connectivity index (χ0) is 15.3. The van der Waals surface area contributed by atoms with E-state index in [0.717, 1.165) is 25.8 Å². The van der Waals surface area contributed by atoms with E-state index in [2.05, 4.69) is 16.0 Å². The summed E-state index contributed by atoms with van der Waals surface area (Å²) in [7, 11) is 0. The Kier molecular flexibility index (Phi) is 4.96. The van der Waals surface area contributed by atoms with Gasteiger partial charge in [0.25, 0.3) is 0 Å². The molecule has 0 saturated carbocycles. The van der Waals surface area contributed by atoms with Gasteiger partial charge in [0.1, 0.15) is 0 Å². The number of rotatable bonds is 4. The molecule has 1 fully saturated rings. The molecule has 1 aliphatic heterocycles. The fraction of sp³-hybridized carbons (Fsp3) is 0.500. The van der Waals surface area contributed by atoms with Crippen LogP contribution in [0.4, 0.5) is 11.4 Å². The molecular formula is C16H23N3O2. The molecule has 21 heavy (non-hydrogen) atoms. The van der Waals surface area contributed by atoms with E-state index in [0.29, 0.717) is 17.8 Å². The van der Waals surface area contributed by atoms with Crippen LogP contribution in [0.1, 0.15) is 39.5 Å². The second-order valence-corrected chi connectivity index (χ2v) is 5.65. The van der Waals surface area contributed by atoms with Gasteiger partial charge in [-0.2, -0.15) is 0 Å². The number of benzene rings is 1. The molecule has 2 amide bonds. The molecule has 1 heterocycles. The topological polar surface area (TPSA) is 70.2 Å². The monoisotopic (exact) mass is 289 g/mol. The van der Waals surface area contributed by atoms with Gasteiger partial charge in [-0.05, 0) is 50.9 Å². The molecule has 0 spiro atoms. The van der Waals surface area contributed by atoms with Gasteiger partial charge in [-0.15, -0.1) is 0 Å². The summed E-state index contributed by atoms with van der Waals surface area (Å²) in [6.45, 7) is 4.61. The minimum absolute atomic E-state index is 0.0267. The predicted molar refractivity (Wildman–Crippen MR) is 84.3 cm³/mol. The van der Waals surface area contributed by atoms with E-state index in [1.165, 1.54) is 0 Å². The van der Waals surface area contributed by atoms with Crippen molar-refractivity contribution in [1.82, 2.24) is 5.32 Å². The van der Waals surface area contributed by atoms with Crippen LogP contribution >= 0.6 is 0 Å². The van der Waals surface area contributed by atoms with E-state index < -0.39 is 5.54 Å². The third-order valence-electron chi connectivity index (χ3n) is 3.85. The summed E-state index contributed by atoms with van der Waals surface area (Å²) < 4.78 is 0. The molecule has 3 N–H and O–H groups in total. The highest BCUT2D eigenvalue weighted by atomic mass is 16.2. The minimum atomic E-state index is -0.513. The van der Waals surface area contributed by atoms with Gasteiger partial charge in [0, 0.05) is 17.8 Å². The van der Waals surface area contributed by atoms with Crippen molar-refractivity contribution < 1.29 is 9.59 Å². The minimum Gasteiger partial charge on any atom is -0.326 e. The third-order valence-corrected chi connectivity index (χ3v) is 3.85. The summed E-state index contributed by atoms with van der Waals surface area (Å²) in [5.74, 6) is -0.0689. The van der Waals surface area contributed by atoms with Gasteiger partial charge in [0.15, 0.2) is 0 Å². The molecule has 114 valence electrons. The van der Waals surface area contributed by atoms with E-state index >= 15 is 0 Å². The lowest BCUT2D eigenvalue weighted by Crippen LogP contribution is -2.54. The molecule has 1 aliphatic rings. The van der Waals surface area contributed by atoms with Crippen molar-refractivity contribution in [2.45, 2.75) is 45.1 Å². The van der Waals surface area contributed by atoms with Gasteiger partial charge >= 0.3 is 0 Å². The molecule has 1 atom stereocenters. The van der Waals surface area contributed by atoms with E-state index in [1.54, 1.807) is 13.0 Å². The summed E-state index contributed by atoms with van der Waals surface area (Å²) in [4.78, 5) is 23.8. The van der Waals surface area contributed by atoms with Crippen LogP contribution in [0.5, 0.6) is 0 Å². The zero-order valence-corrected chi connectivity index (χ0v) is 12.7. The molecular weight excluding hydrogens is 266 g/mol. The van der Waals surface area contributed by atoms with Gasteiger partial charge in [-0.1, -0.05) is 13.0 Å². The Balaban J connectivity index is 2.03. The van der Waals surface area contributed by atoms with Crippen LogP contribution in [0.25, 0.3) is 0 Å². The molecule has 0 bridgehead atoms. The largest absolute Gasteiger partial charge is 0.326 e. The predicted octanol–water partition coefficient (Wildman–Crippen LogP) is 2.51. The summed E-state index contributed by atoms with van der Waals surface area (Å²) in [6, 6.07) is 7.23. The first-order valence-electron chi connectivity index (χ1n) is 7.50. The Morgan fingerprint density at radius 1 is 1.24 bits per heavy atom. The van der Waals surface area contributed by atoms with Gasteiger partial charge in [-0.25, -0.2) is 0 Å². The summed E-state index contributed by atoms with van der Waals surface area (Å²) >= 11 is 0. The Labute approximate surface area is 125 Å². The quantitative estimate of drug-likeness (QED) is 0.797. The lowest BCUT2D eigenvalue weighted by molar-refractivity contribution is -0.122. The number of hydrogen-bond acceptors (Lipinski definition) is 3. The number of carbonyl (C=O) groups is 2. The zero-order valence-electron chi connectivity index (χ0n) is 12.7. The maximum absolute atomic E-state index is 12.4. The highest BCUT2D eigenvalue weighted by molar-refractivity contribution is 5.98. The Morgan fingerprint density at radius 3 is 2.57 bits per heavy atom. The molecule has 0 radical (unpaired) electrons. The number of hydrogen-bond donors (Lipinski definition) is 3. The van der Waals surface area contributed by atoms with Crippen LogP contribution in [-0.4, -0.2) is 23.9 Å². The second kappa shape index (κ2) is 6.72. The molecule has 5 nitrogen and oxygen atoms in total. The second-order valence-electron chi connectivity index (χ2n) is 5.65. The molecule has 1 aromatic rings. The first-order valence-corrected chi connectivity index (χ1v) is 7.50. The summed E-state index contributed by atoms with van der Waals surface area (Å²) in [6.07, 6.45) is 3.44. The van der Waals surface area contributed by atoms with Crippen molar-refractivity contribution in [1.29, 1.82) is 0 Å². The molecule has 1 aromatic carbocycles. The van der Waals surface area contributed by atoms with Gasteiger partial charge in [0.2, 0.25) is 11.8 Å². The summed E-state index contributed by atoms with van der Waals surface area (Å²) in [5, 5.41) is 9.01. The number of carbonyl (C=O) groups excluding carboxylic acids is 2. The van der Waals surface area contributed by atoms with E-state index in [1.807, 2.05) is 25.1 Å². The van der Waals surface area contributed by atoms with Crippen molar-refractivity contribution >= 4 is 23.2 Å². The number of amides is 2. The van der Waals surface area contributed by atoms with E-state index in [9.17, 15) is 9.59 Å². The van der Waals surface area contributed by atoms with Gasteiger partial charge in [0.05, 0.1) is 5.54 Å². The van der Waals surface area contributed by atoms with Crippen LogP contribution in [0.2, 0.25) is 0 Å². The molecule has 2 rings (SSSR count). The molecule has 1 unspecified atom stereocenters. The maximum atomic E-state index is 12.4. The summed E-state index contributed by atoms with van der Waals surface area (Å²) in [5.41, 5.74) is 0.880. The molecule has 1 saturated heterocycles. The standard InChI is InChI=1S/C16H23N3O2/c1-3-14(20)18-12-7-6-8-13(11-12)19-15(21)16(2)9-4-5-10-17-16/h6-8,11,17H,3-5,9-10H2,1-2H3,(H,18,20)(H,19,21). The fourth-order valence-electron chi connectivity index (χ4n) is 2.44. The van der Waals surface area contributed by atoms with Gasteiger partial charge < -0.3 is 16.0 Å². The maximum Gasteiger partial charge on any atom is 0.244 e. The van der Waals surface area contributed by atoms with E-state index in [-0.39, 0.29) is 11.8 Å². The average Bonchev–Trinajstić information content (AvgIpc) is 2.48. The molecule has 5 heteroatoms. The van der Waals surface area contributed by atoms with Crippen LogP contribution in [0.3, 0.4) is 0 Å². The van der Waals surface area contributed by atoms with Crippen LogP contribution in [0, 0.1) is 0 Å². The van der Waals surface area contributed by atoms with Crippen LogP contribution in [0.15, 0.2) is 24.3 Å². The Bertz CT molecular complexity index is 522. The van der Waals surface area contributed by atoms with Crippen molar-refractivity contribution in [2.75, 3.05) is 17.2 Å². The fourth-order valence-corrected chi connectivity index (χ4v) is 2.44. The number of anilines is 2. The lowest BCUT2D eigenvalue weighted by Gasteiger charge is -2.33. The van der Waals surface area contributed by atoms with Crippen molar-refractivity contribution in [3.05, 3.63) is 24.3 Å². The Morgan fingerprint density at radius 2 is 1.95 bits per heavy atom. The number of nitrogens with one attached hydrogen (secondary N) is 3. The first-order chi connectivity index (χ1) is 10.0. The normalized spacial score (nSPS) is 21.6. The van der Waals surface area contributed by atoms with Crippen LogP contribution in [-0.2, 0) is 9.59 Å². The first kappa shape index (κ1) is 15.5. The number of piperidine rings is 1. The highest BCUT2D eigenvalue weighted by Crippen LogP contribution is 2.22. The van der Waals surface area contributed by atoms with Crippen molar-refractivity contribution in [3.63, 3.8) is 0 Å². The van der Waals surface area contributed by atoms with Crippen molar-refractivity contribution in [3.8, 4) is 0 Å². The van der Waals surface area contributed by atoms with Crippen LogP contribution < -0.4 is 16.0 Å². The van der Waals surface area contributed by atoms with Crippen molar-refractivity contribution in [2.24, 2.45) is 0 Å². The van der Waals surface area contributed by atoms with E-state index in [4.69, 9.17) is 0 Å². The molecule has 0 aliphatic carbocycles. The Hall–Kier alpha value is -1.88. The SMILES string of the molecule is CCC(=O)Nc1cccc(NC(=O)C2(C)CCCCN2)c1.